The lowest BCUT2D eigenvalue weighted by Gasteiger charge is -2.38. The average molecular weight is 242 g/mol. The first kappa shape index (κ1) is 13.9. The molecule has 0 aromatic heterocycles. The summed E-state index contributed by atoms with van der Waals surface area (Å²) >= 11 is 0. The number of amides is 3. The first-order valence-corrected chi connectivity index (χ1v) is 6.08. The zero-order chi connectivity index (χ0) is 12.8. The molecule has 4 N–H and O–H groups in total. The van der Waals surface area contributed by atoms with E-state index in [4.69, 9.17) is 5.73 Å². The monoisotopic (exact) mass is 242 g/mol. The number of carbonyl (C=O) groups is 2. The lowest BCUT2D eigenvalue weighted by Crippen LogP contribution is -2.55. The van der Waals surface area contributed by atoms with Crippen LogP contribution in [0.1, 0.15) is 26.2 Å². The van der Waals surface area contributed by atoms with E-state index in [0.717, 1.165) is 25.8 Å². The highest BCUT2D eigenvalue weighted by molar-refractivity contribution is 5.96. The molecule has 0 saturated carbocycles. The van der Waals surface area contributed by atoms with Gasteiger partial charge in [-0.1, -0.05) is 6.42 Å². The molecule has 17 heavy (non-hydrogen) atoms. The summed E-state index contributed by atoms with van der Waals surface area (Å²) < 4.78 is 0. The van der Waals surface area contributed by atoms with Crippen LogP contribution >= 0.6 is 0 Å². The van der Waals surface area contributed by atoms with E-state index in [1.807, 2.05) is 6.92 Å². The summed E-state index contributed by atoms with van der Waals surface area (Å²) in [6.45, 7) is 3.23. The normalized spacial score (nSPS) is 22.9. The maximum atomic E-state index is 11.8. The van der Waals surface area contributed by atoms with E-state index in [-0.39, 0.29) is 18.0 Å². The van der Waals surface area contributed by atoms with Crippen LogP contribution in [0.3, 0.4) is 0 Å². The number of carbonyl (C=O) groups excluding carboxylic acids is 2. The fraction of sp³-hybridized carbons (Fsp3) is 0.818. The lowest BCUT2D eigenvalue weighted by molar-refractivity contribution is -0.126. The summed E-state index contributed by atoms with van der Waals surface area (Å²) in [6, 6.07) is -0.543. The number of nitrogens with two attached hydrogens (primary N) is 1. The highest BCUT2D eigenvalue weighted by Crippen LogP contribution is 2.18. The first-order chi connectivity index (χ1) is 8.10. The Labute approximate surface area is 102 Å². The van der Waals surface area contributed by atoms with Gasteiger partial charge < -0.3 is 11.1 Å². The topological polar surface area (TPSA) is 87.5 Å². The Balaban J connectivity index is 2.57. The van der Waals surface area contributed by atoms with E-state index >= 15 is 0 Å². The van der Waals surface area contributed by atoms with Crippen molar-refractivity contribution in [3.63, 3.8) is 0 Å². The standard InChI is InChI=1S/C11H22N4O2/c1-8(10(16)14-11(17)13-2)15-6-4-3-5-9(15)7-12/h8-9H,3-7,12H2,1-2H3,(H2,13,14,16,17). The van der Waals surface area contributed by atoms with Gasteiger partial charge in [0, 0.05) is 19.6 Å². The highest BCUT2D eigenvalue weighted by atomic mass is 16.2. The fourth-order valence-corrected chi connectivity index (χ4v) is 2.22. The molecule has 1 saturated heterocycles. The van der Waals surface area contributed by atoms with Crippen LogP contribution in [0.2, 0.25) is 0 Å². The van der Waals surface area contributed by atoms with Crippen LogP contribution in [-0.2, 0) is 4.79 Å². The van der Waals surface area contributed by atoms with Crippen LogP contribution in [-0.4, -0.2) is 49.1 Å². The summed E-state index contributed by atoms with van der Waals surface area (Å²) in [5.41, 5.74) is 5.71. The second-order valence-electron chi connectivity index (χ2n) is 4.37. The summed E-state index contributed by atoms with van der Waals surface area (Å²) in [4.78, 5) is 25.0. The Hall–Kier alpha value is -1.14. The summed E-state index contributed by atoms with van der Waals surface area (Å²) in [5, 5.41) is 4.66. The fourth-order valence-electron chi connectivity index (χ4n) is 2.22. The number of imide groups is 1. The zero-order valence-electron chi connectivity index (χ0n) is 10.5. The lowest BCUT2D eigenvalue weighted by atomic mass is 10.00. The Morgan fingerprint density at radius 2 is 2.18 bits per heavy atom. The van der Waals surface area contributed by atoms with Crippen LogP contribution < -0.4 is 16.4 Å². The van der Waals surface area contributed by atoms with Gasteiger partial charge in [-0.3, -0.25) is 15.0 Å². The van der Waals surface area contributed by atoms with Crippen molar-refractivity contribution >= 4 is 11.9 Å². The van der Waals surface area contributed by atoms with Crippen LogP contribution in [0, 0.1) is 0 Å². The van der Waals surface area contributed by atoms with E-state index in [9.17, 15) is 9.59 Å². The minimum absolute atomic E-state index is 0.245. The third-order valence-electron chi connectivity index (χ3n) is 3.29. The maximum Gasteiger partial charge on any atom is 0.321 e. The number of hydrogen-bond acceptors (Lipinski definition) is 4. The molecule has 0 aromatic carbocycles. The number of nitrogens with zero attached hydrogens (tertiary/aromatic N) is 1. The number of rotatable bonds is 3. The molecule has 2 atom stereocenters. The van der Waals surface area contributed by atoms with E-state index in [1.54, 1.807) is 0 Å². The molecule has 0 radical (unpaired) electrons. The van der Waals surface area contributed by atoms with Crippen molar-refractivity contribution < 1.29 is 9.59 Å². The van der Waals surface area contributed by atoms with Crippen molar-refractivity contribution in [1.29, 1.82) is 0 Å². The maximum absolute atomic E-state index is 11.8. The highest BCUT2D eigenvalue weighted by Gasteiger charge is 2.29. The molecular formula is C11H22N4O2. The molecule has 1 aliphatic rings. The SMILES string of the molecule is CNC(=O)NC(=O)C(C)N1CCCCC1CN. The Kier molecular flexibility index (Phi) is 5.37. The van der Waals surface area contributed by atoms with E-state index < -0.39 is 6.03 Å². The average Bonchev–Trinajstić information content (AvgIpc) is 2.37. The van der Waals surface area contributed by atoms with E-state index in [2.05, 4.69) is 15.5 Å². The molecule has 0 aromatic rings. The quantitative estimate of drug-likeness (QED) is 0.631. The Bertz CT molecular complexity index is 283. The van der Waals surface area contributed by atoms with Gasteiger partial charge >= 0.3 is 6.03 Å². The molecule has 1 rings (SSSR count). The Morgan fingerprint density at radius 1 is 1.47 bits per heavy atom. The number of likely N-dealkylation sites (tertiary alicyclic amines) is 1. The molecule has 0 spiro atoms. The second kappa shape index (κ2) is 6.56. The molecule has 2 unspecified atom stereocenters. The minimum Gasteiger partial charge on any atom is -0.341 e. The van der Waals surface area contributed by atoms with Gasteiger partial charge in [-0.2, -0.15) is 0 Å². The van der Waals surface area contributed by atoms with Crippen molar-refractivity contribution in [2.75, 3.05) is 20.1 Å². The van der Waals surface area contributed by atoms with Gasteiger partial charge in [-0.25, -0.2) is 4.79 Å². The molecule has 3 amide bonds. The number of urea groups is 1. The van der Waals surface area contributed by atoms with Crippen molar-refractivity contribution in [3.05, 3.63) is 0 Å². The molecule has 98 valence electrons. The number of piperidine rings is 1. The van der Waals surface area contributed by atoms with Gasteiger partial charge in [0.25, 0.3) is 0 Å². The van der Waals surface area contributed by atoms with Gasteiger partial charge in [-0.05, 0) is 26.3 Å². The third kappa shape index (κ3) is 3.67. The molecule has 0 bridgehead atoms. The number of nitrogens with one attached hydrogen (secondary N) is 2. The van der Waals surface area contributed by atoms with Gasteiger partial charge in [0.05, 0.1) is 6.04 Å². The predicted molar refractivity (Wildman–Crippen MR) is 65.5 cm³/mol. The third-order valence-corrected chi connectivity index (χ3v) is 3.29. The van der Waals surface area contributed by atoms with Crippen molar-refractivity contribution in [3.8, 4) is 0 Å². The molecule has 1 heterocycles. The van der Waals surface area contributed by atoms with Crippen molar-refractivity contribution in [1.82, 2.24) is 15.5 Å². The predicted octanol–water partition coefficient (Wildman–Crippen LogP) is -0.356. The molecule has 1 aliphatic heterocycles. The molecule has 6 heteroatoms. The van der Waals surface area contributed by atoms with E-state index in [1.165, 1.54) is 7.05 Å². The number of hydrogen-bond donors (Lipinski definition) is 3. The summed E-state index contributed by atoms with van der Waals surface area (Å²) in [6.07, 6.45) is 3.25. The molecule has 6 nitrogen and oxygen atoms in total. The first-order valence-electron chi connectivity index (χ1n) is 6.08. The van der Waals surface area contributed by atoms with Crippen LogP contribution in [0.25, 0.3) is 0 Å². The minimum atomic E-state index is -0.469. The van der Waals surface area contributed by atoms with Crippen LogP contribution in [0.5, 0.6) is 0 Å². The second-order valence-corrected chi connectivity index (χ2v) is 4.37. The van der Waals surface area contributed by atoms with Gasteiger partial charge in [0.2, 0.25) is 5.91 Å². The molecule has 0 aliphatic carbocycles. The van der Waals surface area contributed by atoms with E-state index in [0.29, 0.717) is 6.54 Å². The van der Waals surface area contributed by atoms with Crippen LogP contribution in [0.15, 0.2) is 0 Å². The summed E-state index contributed by atoms with van der Waals surface area (Å²) in [7, 11) is 1.48. The molecule has 1 fully saturated rings. The van der Waals surface area contributed by atoms with Crippen molar-refractivity contribution in [2.45, 2.75) is 38.3 Å². The Morgan fingerprint density at radius 3 is 2.76 bits per heavy atom. The molecular weight excluding hydrogens is 220 g/mol. The van der Waals surface area contributed by atoms with Gasteiger partial charge in [0.15, 0.2) is 0 Å². The van der Waals surface area contributed by atoms with Gasteiger partial charge in [0.1, 0.15) is 0 Å². The van der Waals surface area contributed by atoms with Crippen molar-refractivity contribution in [2.24, 2.45) is 5.73 Å². The summed E-state index contributed by atoms with van der Waals surface area (Å²) in [5.74, 6) is -0.273. The smallest absolute Gasteiger partial charge is 0.321 e. The largest absolute Gasteiger partial charge is 0.341 e. The zero-order valence-corrected chi connectivity index (χ0v) is 10.5. The van der Waals surface area contributed by atoms with Gasteiger partial charge in [-0.15, -0.1) is 0 Å². The van der Waals surface area contributed by atoms with Crippen LogP contribution in [0.4, 0.5) is 4.79 Å².